The Kier molecular flexibility index (Phi) is 4.63. The van der Waals surface area contributed by atoms with E-state index in [1.54, 1.807) is 24.3 Å². The van der Waals surface area contributed by atoms with Gasteiger partial charge >= 0.3 is 0 Å². The third-order valence-corrected chi connectivity index (χ3v) is 4.60. The molecule has 4 rings (SSSR count). The molecule has 130 valence electrons. The highest BCUT2D eigenvalue weighted by Gasteiger charge is 2.16. The molecule has 0 fully saturated rings. The van der Waals surface area contributed by atoms with E-state index in [-0.39, 0.29) is 11.6 Å². The van der Waals surface area contributed by atoms with Crippen LogP contribution in [-0.4, -0.2) is 5.78 Å². The second-order valence-corrected chi connectivity index (χ2v) is 6.29. The van der Waals surface area contributed by atoms with Gasteiger partial charge in [-0.15, -0.1) is 0 Å². The van der Waals surface area contributed by atoms with Crippen LogP contribution in [0.25, 0.3) is 17.2 Å². The molecule has 0 amide bonds. The average molecular weight is 352 g/mol. The molecule has 27 heavy (non-hydrogen) atoms. The van der Waals surface area contributed by atoms with Crippen LogP contribution < -0.4 is 0 Å². The second kappa shape index (κ2) is 7.38. The van der Waals surface area contributed by atoms with Gasteiger partial charge in [0, 0.05) is 11.1 Å². The van der Waals surface area contributed by atoms with E-state index in [1.807, 2.05) is 72.8 Å². The molecule has 2 heteroatoms. The van der Waals surface area contributed by atoms with Gasteiger partial charge in [-0.25, -0.2) is 4.39 Å². The third-order valence-electron chi connectivity index (χ3n) is 4.60. The van der Waals surface area contributed by atoms with Crippen LogP contribution in [-0.2, 0) is 4.79 Å². The van der Waals surface area contributed by atoms with Crippen LogP contribution in [0.2, 0.25) is 0 Å². The maximum absolute atomic E-state index is 14.5. The van der Waals surface area contributed by atoms with Crippen molar-refractivity contribution in [1.82, 2.24) is 0 Å². The molecule has 0 saturated carbocycles. The van der Waals surface area contributed by atoms with Gasteiger partial charge in [0.2, 0.25) is 0 Å². The minimum atomic E-state index is -0.290. The summed E-state index contributed by atoms with van der Waals surface area (Å²) in [6.07, 6.45) is 7.03. The first-order chi connectivity index (χ1) is 13.2. The van der Waals surface area contributed by atoms with Gasteiger partial charge in [-0.1, -0.05) is 84.9 Å². The zero-order valence-electron chi connectivity index (χ0n) is 14.6. The molecular weight excluding hydrogens is 335 g/mol. The van der Waals surface area contributed by atoms with Crippen molar-refractivity contribution in [3.05, 3.63) is 125 Å². The molecular formula is C25H17FO. The number of ketones is 1. The number of benzene rings is 3. The smallest absolute Gasteiger partial charge is 0.186 e. The molecule has 0 unspecified atom stereocenters. The van der Waals surface area contributed by atoms with Gasteiger partial charge in [-0.05, 0) is 40.5 Å². The first kappa shape index (κ1) is 16.9. The summed E-state index contributed by atoms with van der Waals surface area (Å²) in [5, 5.41) is 0. The Labute approximate surface area is 157 Å². The fourth-order valence-corrected chi connectivity index (χ4v) is 3.25. The SMILES string of the molecule is O=C1C=Cc2ccccc2/C1=C\C=C(/c1ccccc1)c1ccccc1F. The summed E-state index contributed by atoms with van der Waals surface area (Å²) >= 11 is 0. The molecule has 3 aromatic rings. The Morgan fingerprint density at radius 1 is 0.778 bits per heavy atom. The Balaban J connectivity index is 1.88. The molecule has 1 aliphatic carbocycles. The number of carbonyl (C=O) groups excluding carboxylic acids is 1. The zero-order chi connectivity index (χ0) is 18.6. The molecule has 0 N–H and O–H groups in total. The van der Waals surface area contributed by atoms with E-state index in [1.165, 1.54) is 6.07 Å². The summed E-state index contributed by atoms with van der Waals surface area (Å²) < 4.78 is 14.5. The summed E-state index contributed by atoms with van der Waals surface area (Å²) in [4.78, 5) is 12.5. The van der Waals surface area contributed by atoms with E-state index in [0.717, 1.165) is 22.3 Å². The lowest BCUT2D eigenvalue weighted by atomic mass is 9.90. The third kappa shape index (κ3) is 3.42. The fraction of sp³-hybridized carbons (Fsp3) is 0. The number of fused-ring (bicyclic) bond motifs is 1. The molecule has 0 saturated heterocycles. The number of rotatable bonds is 3. The highest BCUT2D eigenvalue weighted by atomic mass is 19.1. The molecule has 1 nitrogen and oxygen atoms in total. The summed E-state index contributed by atoms with van der Waals surface area (Å²) in [7, 11) is 0. The maximum Gasteiger partial charge on any atom is 0.186 e. The quantitative estimate of drug-likeness (QED) is 0.533. The van der Waals surface area contributed by atoms with Gasteiger partial charge < -0.3 is 0 Å². The molecule has 0 aliphatic heterocycles. The molecule has 0 bridgehead atoms. The monoisotopic (exact) mass is 352 g/mol. The van der Waals surface area contributed by atoms with Crippen LogP contribution in [0.4, 0.5) is 4.39 Å². The van der Waals surface area contributed by atoms with Crippen LogP contribution >= 0.6 is 0 Å². The average Bonchev–Trinajstić information content (AvgIpc) is 2.71. The zero-order valence-corrected chi connectivity index (χ0v) is 14.6. The summed E-state index contributed by atoms with van der Waals surface area (Å²) in [6.45, 7) is 0. The van der Waals surface area contributed by atoms with E-state index >= 15 is 0 Å². The molecule has 0 radical (unpaired) electrons. The van der Waals surface area contributed by atoms with Crippen molar-refractivity contribution in [1.29, 1.82) is 0 Å². The van der Waals surface area contributed by atoms with Gasteiger partial charge in [0.05, 0.1) is 0 Å². The van der Waals surface area contributed by atoms with Crippen molar-refractivity contribution < 1.29 is 9.18 Å². The van der Waals surface area contributed by atoms with Gasteiger partial charge in [0.1, 0.15) is 5.82 Å². The minimum absolute atomic E-state index is 0.0501. The van der Waals surface area contributed by atoms with Crippen LogP contribution in [0, 0.1) is 5.82 Å². The number of halogens is 1. The van der Waals surface area contributed by atoms with E-state index in [0.29, 0.717) is 11.1 Å². The predicted octanol–water partition coefficient (Wildman–Crippen LogP) is 5.94. The van der Waals surface area contributed by atoms with Crippen molar-refractivity contribution in [2.45, 2.75) is 0 Å². The van der Waals surface area contributed by atoms with E-state index in [4.69, 9.17) is 0 Å². The Hall–Kier alpha value is -3.52. The standard InChI is InChI=1S/C25H17FO/c26-24-13-7-6-12-22(24)21(18-8-2-1-3-9-18)15-16-23-20-11-5-4-10-19(20)14-17-25(23)27/h1-17H/b21-15+,23-16+. The molecule has 1 aliphatic rings. The van der Waals surface area contributed by atoms with E-state index in [2.05, 4.69) is 0 Å². The molecule has 0 spiro atoms. The van der Waals surface area contributed by atoms with Crippen LogP contribution in [0.3, 0.4) is 0 Å². The topological polar surface area (TPSA) is 17.1 Å². The van der Waals surface area contributed by atoms with E-state index < -0.39 is 0 Å². The number of hydrogen-bond donors (Lipinski definition) is 0. The minimum Gasteiger partial charge on any atom is -0.289 e. The van der Waals surface area contributed by atoms with Crippen molar-refractivity contribution in [2.75, 3.05) is 0 Å². The number of allylic oxidation sites excluding steroid dienone is 4. The Morgan fingerprint density at radius 3 is 2.30 bits per heavy atom. The van der Waals surface area contributed by atoms with Gasteiger partial charge in [-0.3, -0.25) is 4.79 Å². The van der Waals surface area contributed by atoms with Gasteiger partial charge in [0.15, 0.2) is 5.78 Å². The Morgan fingerprint density at radius 2 is 1.48 bits per heavy atom. The first-order valence-electron chi connectivity index (χ1n) is 8.78. The summed E-state index contributed by atoms with van der Waals surface area (Å²) in [5.41, 5.74) is 4.64. The number of carbonyl (C=O) groups is 1. The highest BCUT2D eigenvalue weighted by Crippen LogP contribution is 2.29. The van der Waals surface area contributed by atoms with Crippen molar-refractivity contribution in [3.8, 4) is 0 Å². The predicted molar refractivity (Wildman–Crippen MR) is 108 cm³/mol. The second-order valence-electron chi connectivity index (χ2n) is 6.29. The highest BCUT2D eigenvalue weighted by molar-refractivity contribution is 6.30. The normalized spacial score (nSPS) is 15.1. The molecule has 0 heterocycles. The van der Waals surface area contributed by atoms with Crippen molar-refractivity contribution in [3.63, 3.8) is 0 Å². The lowest BCUT2D eigenvalue weighted by Crippen LogP contribution is -2.04. The molecule has 0 atom stereocenters. The van der Waals surface area contributed by atoms with Crippen LogP contribution in [0.1, 0.15) is 22.3 Å². The van der Waals surface area contributed by atoms with Crippen LogP contribution in [0.5, 0.6) is 0 Å². The lowest BCUT2D eigenvalue weighted by Gasteiger charge is -2.13. The van der Waals surface area contributed by atoms with Crippen molar-refractivity contribution in [2.24, 2.45) is 0 Å². The van der Waals surface area contributed by atoms with Crippen molar-refractivity contribution >= 4 is 23.0 Å². The fourth-order valence-electron chi connectivity index (χ4n) is 3.25. The summed E-state index contributed by atoms with van der Waals surface area (Å²) in [5.74, 6) is -0.341. The van der Waals surface area contributed by atoms with Gasteiger partial charge in [0.25, 0.3) is 0 Å². The largest absolute Gasteiger partial charge is 0.289 e. The molecule has 3 aromatic carbocycles. The van der Waals surface area contributed by atoms with Gasteiger partial charge in [-0.2, -0.15) is 0 Å². The molecule has 0 aromatic heterocycles. The van der Waals surface area contributed by atoms with Crippen LogP contribution in [0.15, 0.2) is 97.1 Å². The first-order valence-corrected chi connectivity index (χ1v) is 8.78. The number of hydrogen-bond acceptors (Lipinski definition) is 1. The Bertz CT molecular complexity index is 1090. The maximum atomic E-state index is 14.5. The lowest BCUT2D eigenvalue weighted by molar-refractivity contribution is -0.109. The van der Waals surface area contributed by atoms with E-state index in [9.17, 15) is 9.18 Å². The summed E-state index contributed by atoms with van der Waals surface area (Å²) in [6, 6.07) is 24.1.